The van der Waals surface area contributed by atoms with Gasteiger partial charge < -0.3 is 9.84 Å². The smallest absolute Gasteiger partial charge is 0.119 e. The van der Waals surface area contributed by atoms with Crippen molar-refractivity contribution in [2.75, 3.05) is 13.2 Å². The van der Waals surface area contributed by atoms with Gasteiger partial charge in [0.2, 0.25) is 0 Å². The Hall–Kier alpha value is -1.80. The first-order valence-corrected chi connectivity index (χ1v) is 6.62. The lowest BCUT2D eigenvalue weighted by Gasteiger charge is -2.15. The van der Waals surface area contributed by atoms with Gasteiger partial charge in [0.15, 0.2) is 0 Å². The Labute approximate surface area is 114 Å². The zero-order valence-electron chi connectivity index (χ0n) is 11.3. The van der Waals surface area contributed by atoms with Gasteiger partial charge in [0, 0.05) is 12.5 Å². The fourth-order valence-electron chi connectivity index (χ4n) is 2.04. The van der Waals surface area contributed by atoms with E-state index in [2.05, 4.69) is 12.1 Å². The van der Waals surface area contributed by atoms with Crippen LogP contribution in [0.15, 0.2) is 54.6 Å². The predicted octanol–water partition coefficient (Wildman–Crippen LogP) is 3.23. The first kappa shape index (κ1) is 13.6. The third kappa shape index (κ3) is 4.42. The summed E-state index contributed by atoms with van der Waals surface area (Å²) < 4.78 is 5.75. The molecular weight excluding hydrogens is 236 g/mol. The van der Waals surface area contributed by atoms with Gasteiger partial charge in [-0.1, -0.05) is 42.5 Å². The minimum absolute atomic E-state index is 0.128. The number of hydrogen-bond acceptors (Lipinski definition) is 2. The lowest BCUT2D eigenvalue weighted by atomic mass is 10.0. The van der Waals surface area contributed by atoms with Crippen LogP contribution in [0.5, 0.6) is 5.75 Å². The van der Waals surface area contributed by atoms with Crippen molar-refractivity contribution in [1.29, 1.82) is 0 Å². The molecule has 2 aromatic carbocycles. The molecule has 0 fully saturated rings. The Balaban J connectivity index is 1.89. The topological polar surface area (TPSA) is 29.5 Å². The van der Waals surface area contributed by atoms with Crippen LogP contribution < -0.4 is 4.74 Å². The minimum Gasteiger partial charge on any atom is -0.493 e. The quantitative estimate of drug-likeness (QED) is 0.860. The summed E-state index contributed by atoms with van der Waals surface area (Å²) in [7, 11) is 0. The summed E-state index contributed by atoms with van der Waals surface area (Å²) in [5.41, 5.74) is 2.41. The van der Waals surface area contributed by atoms with E-state index in [0.717, 1.165) is 12.2 Å². The summed E-state index contributed by atoms with van der Waals surface area (Å²) in [4.78, 5) is 0. The fraction of sp³-hybridized carbons (Fsp3) is 0.294. The van der Waals surface area contributed by atoms with Gasteiger partial charge in [-0.3, -0.25) is 0 Å². The van der Waals surface area contributed by atoms with E-state index in [1.54, 1.807) is 0 Å². The van der Waals surface area contributed by atoms with Crippen molar-refractivity contribution in [3.8, 4) is 5.75 Å². The number of aliphatic hydroxyl groups excluding tert-OH is 1. The predicted molar refractivity (Wildman–Crippen MR) is 77.4 cm³/mol. The maximum absolute atomic E-state index is 9.44. The second-order valence-corrected chi connectivity index (χ2v) is 4.87. The van der Waals surface area contributed by atoms with E-state index < -0.39 is 0 Å². The average Bonchev–Trinajstić information content (AvgIpc) is 2.44. The van der Waals surface area contributed by atoms with Crippen LogP contribution in [0.25, 0.3) is 0 Å². The summed E-state index contributed by atoms with van der Waals surface area (Å²) in [6.07, 6.45) is 0.836. The molecule has 0 saturated heterocycles. The Morgan fingerprint density at radius 3 is 2.53 bits per heavy atom. The van der Waals surface area contributed by atoms with Gasteiger partial charge in [-0.2, -0.15) is 0 Å². The Kier molecular flexibility index (Phi) is 4.99. The van der Waals surface area contributed by atoms with Gasteiger partial charge in [-0.15, -0.1) is 0 Å². The molecule has 1 atom stereocenters. The van der Waals surface area contributed by atoms with Crippen LogP contribution in [0.1, 0.15) is 11.1 Å². The van der Waals surface area contributed by atoms with E-state index in [1.807, 2.05) is 49.4 Å². The number of hydrogen-bond donors (Lipinski definition) is 1. The van der Waals surface area contributed by atoms with E-state index in [-0.39, 0.29) is 12.5 Å². The lowest BCUT2D eigenvalue weighted by Crippen LogP contribution is -2.18. The zero-order valence-corrected chi connectivity index (χ0v) is 11.3. The molecule has 100 valence electrons. The molecule has 2 rings (SSSR count). The van der Waals surface area contributed by atoms with Gasteiger partial charge in [0.25, 0.3) is 0 Å². The Morgan fingerprint density at radius 2 is 1.84 bits per heavy atom. The van der Waals surface area contributed by atoms with Crippen LogP contribution in [0.2, 0.25) is 0 Å². The highest BCUT2D eigenvalue weighted by atomic mass is 16.5. The van der Waals surface area contributed by atoms with Gasteiger partial charge >= 0.3 is 0 Å². The van der Waals surface area contributed by atoms with Crippen LogP contribution in [-0.4, -0.2) is 18.3 Å². The first-order valence-electron chi connectivity index (χ1n) is 6.62. The molecule has 0 spiro atoms. The molecular formula is C17H20O2. The van der Waals surface area contributed by atoms with Crippen LogP contribution in [0, 0.1) is 12.8 Å². The molecule has 0 bridgehead atoms. The molecule has 1 N–H and O–H groups in total. The van der Waals surface area contributed by atoms with E-state index in [4.69, 9.17) is 4.74 Å². The third-order valence-corrected chi connectivity index (χ3v) is 3.10. The van der Waals surface area contributed by atoms with Crippen molar-refractivity contribution in [2.45, 2.75) is 13.3 Å². The third-order valence-electron chi connectivity index (χ3n) is 3.10. The van der Waals surface area contributed by atoms with Crippen molar-refractivity contribution in [2.24, 2.45) is 5.92 Å². The Morgan fingerprint density at radius 1 is 1.05 bits per heavy atom. The average molecular weight is 256 g/mol. The van der Waals surface area contributed by atoms with Crippen molar-refractivity contribution in [3.63, 3.8) is 0 Å². The summed E-state index contributed by atoms with van der Waals surface area (Å²) in [5, 5.41) is 9.44. The summed E-state index contributed by atoms with van der Waals surface area (Å²) in [5.74, 6) is 0.995. The summed E-state index contributed by atoms with van der Waals surface area (Å²) in [6, 6.07) is 18.2. The summed E-state index contributed by atoms with van der Waals surface area (Å²) in [6.45, 7) is 2.72. The second-order valence-electron chi connectivity index (χ2n) is 4.87. The van der Waals surface area contributed by atoms with E-state index in [0.29, 0.717) is 6.61 Å². The highest BCUT2D eigenvalue weighted by molar-refractivity contribution is 5.27. The SMILES string of the molecule is Cc1cccc(OCC(CO)Cc2ccccc2)c1. The van der Waals surface area contributed by atoms with Crippen molar-refractivity contribution in [3.05, 3.63) is 65.7 Å². The number of aliphatic hydroxyl groups is 1. The maximum atomic E-state index is 9.44. The molecule has 0 heterocycles. The van der Waals surface area contributed by atoms with Crippen LogP contribution in [0.3, 0.4) is 0 Å². The second kappa shape index (κ2) is 6.95. The van der Waals surface area contributed by atoms with Crippen molar-refractivity contribution in [1.82, 2.24) is 0 Å². The molecule has 0 saturated carbocycles. The molecule has 0 aliphatic heterocycles. The molecule has 19 heavy (non-hydrogen) atoms. The molecule has 0 amide bonds. The maximum Gasteiger partial charge on any atom is 0.119 e. The molecule has 0 aliphatic carbocycles. The van der Waals surface area contributed by atoms with Crippen molar-refractivity contribution >= 4 is 0 Å². The Bertz CT molecular complexity index is 494. The minimum atomic E-state index is 0.128. The van der Waals surface area contributed by atoms with Crippen molar-refractivity contribution < 1.29 is 9.84 Å². The molecule has 2 aromatic rings. The zero-order chi connectivity index (χ0) is 13.5. The van der Waals surface area contributed by atoms with Gasteiger partial charge in [-0.05, 0) is 36.6 Å². The van der Waals surface area contributed by atoms with Crippen LogP contribution in [-0.2, 0) is 6.42 Å². The number of ether oxygens (including phenoxy) is 1. The molecule has 0 aliphatic rings. The van der Waals surface area contributed by atoms with E-state index in [1.165, 1.54) is 11.1 Å². The molecule has 0 aromatic heterocycles. The highest BCUT2D eigenvalue weighted by Gasteiger charge is 2.09. The van der Waals surface area contributed by atoms with Crippen LogP contribution >= 0.6 is 0 Å². The molecule has 2 heteroatoms. The fourth-order valence-corrected chi connectivity index (χ4v) is 2.04. The van der Waals surface area contributed by atoms with Gasteiger partial charge in [0.1, 0.15) is 5.75 Å². The van der Waals surface area contributed by atoms with Crippen LogP contribution in [0.4, 0.5) is 0 Å². The first-order chi connectivity index (χ1) is 9.28. The van der Waals surface area contributed by atoms with Gasteiger partial charge in [-0.25, -0.2) is 0 Å². The monoisotopic (exact) mass is 256 g/mol. The number of aryl methyl sites for hydroxylation is 1. The summed E-state index contributed by atoms with van der Waals surface area (Å²) >= 11 is 0. The largest absolute Gasteiger partial charge is 0.493 e. The highest BCUT2D eigenvalue weighted by Crippen LogP contribution is 2.15. The number of rotatable bonds is 6. The standard InChI is InChI=1S/C17H20O2/c1-14-6-5-9-17(10-14)19-13-16(12-18)11-15-7-3-2-4-8-15/h2-10,16,18H,11-13H2,1H3. The normalized spacial score (nSPS) is 12.1. The van der Waals surface area contributed by atoms with E-state index in [9.17, 15) is 5.11 Å². The molecule has 2 nitrogen and oxygen atoms in total. The number of benzene rings is 2. The van der Waals surface area contributed by atoms with E-state index >= 15 is 0 Å². The molecule has 1 unspecified atom stereocenters. The molecule has 0 radical (unpaired) electrons. The lowest BCUT2D eigenvalue weighted by molar-refractivity contribution is 0.162. The van der Waals surface area contributed by atoms with Gasteiger partial charge in [0.05, 0.1) is 6.61 Å².